The molecule has 0 aromatic heterocycles. The topological polar surface area (TPSA) is 60.2 Å². The van der Waals surface area contributed by atoms with Crippen LogP contribution >= 0.6 is 0 Å². The van der Waals surface area contributed by atoms with E-state index in [0.29, 0.717) is 0 Å². The van der Waals surface area contributed by atoms with E-state index in [-0.39, 0.29) is 0 Å². The molecular weight excluding hydrogens is 447 g/mol. The minimum Gasteiger partial charge on any atom is -0.223 e. The minimum absolute atomic E-state index is 3.35. The lowest BCUT2D eigenvalue weighted by Gasteiger charge is -2.40. The van der Waals surface area contributed by atoms with Crippen LogP contribution in [-0.4, -0.2) is 49.5 Å². The average Bonchev–Trinajstić information content (AvgIpc) is 2.34. The summed E-state index contributed by atoms with van der Waals surface area (Å²) in [4.78, 5) is 0. The van der Waals surface area contributed by atoms with Crippen LogP contribution in [0.1, 0.15) is 0 Å². The van der Waals surface area contributed by atoms with Gasteiger partial charge in [0.25, 0.3) is 10.0 Å². The Morgan fingerprint density at radius 2 is 0.692 bits per heavy atom. The lowest BCUT2D eigenvalue weighted by atomic mass is 9.94. The molecule has 0 saturated heterocycles. The van der Waals surface area contributed by atoms with Crippen LogP contribution in [0.4, 0.5) is 65.9 Å². The second-order valence-corrected chi connectivity index (χ2v) is 6.03. The molecule has 0 aliphatic heterocycles. The van der Waals surface area contributed by atoms with Crippen molar-refractivity contribution >= 4 is 10.0 Å². The number of hydrogen-bond acceptors (Lipinski definition) is 2. The van der Waals surface area contributed by atoms with Gasteiger partial charge in [-0.25, -0.2) is 13.6 Å². The summed E-state index contributed by atoms with van der Waals surface area (Å²) in [6, 6.07) is 0. The fourth-order valence-corrected chi connectivity index (χ4v) is 1.62. The van der Waals surface area contributed by atoms with Gasteiger partial charge in [-0.15, -0.1) is 0 Å². The maximum absolute atomic E-state index is 12.9. The van der Waals surface area contributed by atoms with Crippen molar-refractivity contribution in [1.82, 2.24) is 0 Å². The summed E-state index contributed by atoms with van der Waals surface area (Å²) >= 11 is 0. The largest absolute Gasteiger partial charge is 0.460 e. The van der Waals surface area contributed by atoms with E-state index in [0.717, 1.165) is 0 Å². The van der Waals surface area contributed by atoms with Crippen LogP contribution in [0.3, 0.4) is 0 Å². The summed E-state index contributed by atoms with van der Waals surface area (Å²) in [5.41, 5.74) is 0. The van der Waals surface area contributed by atoms with Crippen molar-refractivity contribution in [3.8, 4) is 0 Å². The Morgan fingerprint density at radius 1 is 0.462 bits per heavy atom. The van der Waals surface area contributed by atoms with Gasteiger partial charge in [0, 0.05) is 0 Å². The third-order valence-corrected chi connectivity index (χ3v) is 3.63. The molecule has 0 amide bonds. The average molecular weight is 449 g/mol. The third kappa shape index (κ3) is 2.85. The maximum Gasteiger partial charge on any atom is 0.460 e. The van der Waals surface area contributed by atoms with E-state index in [1.165, 1.54) is 0 Å². The molecule has 0 aliphatic carbocycles. The van der Waals surface area contributed by atoms with Crippen LogP contribution in [0, 0.1) is 0 Å². The van der Waals surface area contributed by atoms with Crippen molar-refractivity contribution < 1.29 is 74.3 Å². The number of rotatable bonds is 6. The van der Waals surface area contributed by atoms with Crippen LogP contribution in [0.2, 0.25) is 0 Å². The fourth-order valence-electron chi connectivity index (χ4n) is 1.13. The van der Waals surface area contributed by atoms with E-state index >= 15 is 0 Å². The van der Waals surface area contributed by atoms with Crippen molar-refractivity contribution in [2.75, 3.05) is 0 Å². The van der Waals surface area contributed by atoms with Crippen molar-refractivity contribution in [3.63, 3.8) is 0 Å². The van der Waals surface area contributed by atoms with Gasteiger partial charge in [0.1, 0.15) is 0 Å². The van der Waals surface area contributed by atoms with Gasteiger partial charge in [0.15, 0.2) is 0 Å². The van der Waals surface area contributed by atoms with Gasteiger partial charge in [-0.1, -0.05) is 0 Å². The number of sulfonamides is 1. The molecule has 0 heterocycles. The van der Waals surface area contributed by atoms with E-state index in [1.54, 1.807) is 0 Å². The molecule has 0 atom stereocenters. The van der Waals surface area contributed by atoms with Crippen molar-refractivity contribution in [3.05, 3.63) is 0 Å². The first-order chi connectivity index (χ1) is 10.8. The maximum atomic E-state index is 12.9. The van der Waals surface area contributed by atoms with E-state index < -0.39 is 51.1 Å². The summed E-state index contributed by atoms with van der Waals surface area (Å²) < 4.78 is 208. The smallest absolute Gasteiger partial charge is 0.223 e. The number of hydrogen-bond donors (Lipinski definition) is 1. The van der Waals surface area contributed by atoms with Crippen LogP contribution in [0.25, 0.3) is 0 Å². The molecule has 0 aliphatic rings. The molecule has 0 fully saturated rings. The first-order valence-electron chi connectivity index (χ1n) is 5.11. The lowest BCUT2D eigenvalue weighted by molar-refractivity contribution is -0.447. The molecule has 0 rings (SSSR count). The summed E-state index contributed by atoms with van der Waals surface area (Å²) in [5.74, 6) is -41.7. The minimum atomic E-state index is -8.54. The standard InChI is InChI=1S/C7H2F15NO2S/c8-1(9,2(10,11)4(14,15)6(18,19)20)3(12,13)5(16,17)7(21,22)26(23,24)25/h(H2,23,24,25). The molecule has 0 saturated carbocycles. The molecule has 158 valence electrons. The Bertz CT molecular complexity index is 647. The van der Waals surface area contributed by atoms with E-state index in [9.17, 15) is 74.3 Å². The number of halogens is 15. The Morgan fingerprint density at radius 3 is 0.923 bits per heavy atom. The Balaban J connectivity index is 6.71. The number of alkyl halides is 15. The molecule has 0 radical (unpaired) electrons. The predicted molar refractivity (Wildman–Crippen MR) is 48.8 cm³/mol. The summed E-state index contributed by atoms with van der Waals surface area (Å²) in [5, 5.41) is -4.12. The summed E-state index contributed by atoms with van der Waals surface area (Å²) in [7, 11) is -7.26. The first kappa shape index (κ1) is 24.9. The quantitative estimate of drug-likeness (QED) is 0.631. The van der Waals surface area contributed by atoms with Crippen molar-refractivity contribution in [1.29, 1.82) is 0 Å². The Hall–Kier alpha value is -1.14. The van der Waals surface area contributed by atoms with Gasteiger partial charge in [0.05, 0.1) is 0 Å². The highest BCUT2D eigenvalue weighted by molar-refractivity contribution is 7.90. The highest BCUT2D eigenvalue weighted by atomic mass is 32.2. The van der Waals surface area contributed by atoms with Crippen LogP contribution in [0.5, 0.6) is 0 Å². The van der Waals surface area contributed by atoms with E-state index in [1.807, 2.05) is 0 Å². The SMILES string of the molecule is NS(=O)(=O)C(F)(F)C(F)(F)C(F)(F)C(F)(F)C(F)(F)C(F)(F)C(F)(F)F. The highest BCUT2D eigenvalue weighted by Crippen LogP contribution is 2.62. The van der Waals surface area contributed by atoms with Gasteiger partial charge < -0.3 is 0 Å². The van der Waals surface area contributed by atoms with Crippen LogP contribution in [-0.2, 0) is 10.0 Å². The second kappa shape index (κ2) is 5.68. The van der Waals surface area contributed by atoms with E-state index in [4.69, 9.17) is 0 Å². The van der Waals surface area contributed by atoms with Crippen molar-refractivity contribution in [2.24, 2.45) is 5.14 Å². The van der Waals surface area contributed by atoms with Gasteiger partial charge >= 0.3 is 41.0 Å². The summed E-state index contributed by atoms with van der Waals surface area (Å²) in [6.45, 7) is 0. The van der Waals surface area contributed by atoms with Gasteiger partial charge in [-0.05, 0) is 0 Å². The zero-order valence-electron chi connectivity index (χ0n) is 11.0. The molecule has 0 aromatic rings. The molecule has 0 spiro atoms. The Labute approximate surface area is 132 Å². The van der Waals surface area contributed by atoms with Crippen molar-refractivity contribution in [2.45, 2.75) is 41.0 Å². The molecule has 2 N–H and O–H groups in total. The molecule has 0 unspecified atom stereocenters. The highest BCUT2D eigenvalue weighted by Gasteiger charge is 2.94. The molecule has 0 aromatic carbocycles. The fraction of sp³-hybridized carbons (Fsp3) is 1.00. The zero-order chi connectivity index (χ0) is 22.0. The van der Waals surface area contributed by atoms with Crippen LogP contribution in [0.15, 0.2) is 0 Å². The van der Waals surface area contributed by atoms with Gasteiger partial charge in [-0.3, -0.25) is 0 Å². The molecule has 0 bridgehead atoms. The predicted octanol–water partition coefficient (Wildman–Crippen LogP) is 3.61. The number of nitrogens with two attached hydrogens (primary N) is 1. The van der Waals surface area contributed by atoms with Gasteiger partial charge in [0.2, 0.25) is 0 Å². The molecule has 3 nitrogen and oxygen atoms in total. The Kier molecular flexibility index (Phi) is 5.43. The zero-order valence-corrected chi connectivity index (χ0v) is 11.8. The third-order valence-electron chi connectivity index (χ3n) is 2.66. The molecular formula is C7H2F15NO2S. The normalized spacial score (nSPS) is 16.8. The van der Waals surface area contributed by atoms with E-state index in [2.05, 4.69) is 5.14 Å². The second-order valence-electron chi connectivity index (χ2n) is 4.43. The lowest BCUT2D eigenvalue weighted by Crippen LogP contribution is -2.73. The number of primary sulfonamides is 1. The summed E-state index contributed by atoms with van der Waals surface area (Å²) in [6.07, 6.45) is -7.73. The molecule has 19 heteroatoms. The van der Waals surface area contributed by atoms with Gasteiger partial charge in [-0.2, -0.15) is 65.9 Å². The molecule has 26 heavy (non-hydrogen) atoms. The van der Waals surface area contributed by atoms with Crippen LogP contribution < -0.4 is 5.14 Å². The monoisotopic (exact) mass is 449 g/mol. The first-order valence-corrected chi connectivity index (χ1v) is 6.65.